The second-order valence-corrected chi connectivity index (χ2v) is 3.44. The van der Waals surface area contributed by atoms with Gasteiger partial charge in [-0.15, -0.1) is 0 Å². The van der Waals surface area contributed by atoms with Gasteiger partial charge < -0.3 is 0 Å². The number of halogens is 7. The molecule has 0 saturated carbocycles. The Morgan fingerprint density at radius 1 is 1.25 bits per heavy atom. The van der Waals surface area contributed by atoms with E-state index in [-0.39, 0.29) is 5.06 Å². The van der Waals surface area contributed by atoms with Gasteiger partial charge in [-0.2, -0.15) is 31.4 Å². The van der Waals surface area contributed by atoms with Crippen molar-refractivity contribution in [3.63, 3.8) is 0 Å². The maximum atomic E-state index is 12.2. The van der Waals surface area contributed by atoms with E-state index in [0.29, 0.717) is 0 Å². The Morgan fingerprint density at radius 3 is 1.94 bits per heavy atom. The number of hydrogen-bond donors (Lipinski definition) is 0. The first kappa shape index (κ1) is 13.5. The smallest absolute Gasteiger partial charge is 0.288 e. The van der Waals surface area contributed by atoms with Crippen molar-refractivity contribution in [1.82, 2.24) is 5.06 Å². The molecule has 1 unspecified atom stereocenters. The summed E-state index contributed by atoms with van der Waals surface area (Å²) in [6.07, 6.45) is -11.1. The third-order valence-electron chi connectivity index (χ3n) is 1.97. The molecule has 1 fully saturated rings. The van der Waals surface area contributed by atoms with Crippen LogP contribution < -0.4 is 0 Å². The number of carbonyl (C=O) groups excluding carboxylic acids is 1. The Kier molecular flexibility index (Phi) is 3.16. The Labute approximate surface area is 89.8 Å². The summed E-state index contributed by atoms with van der Waals surface area (Å²) in [5.74, 6) is 0. The molecule has 3 nitrogen and oxygen atoms in total. The fourth-order valence-corrected chi connectivity index (χ4v) is 1.13. The van der Waals surface area contributed by atoms with Crippen molar-refractivity contribution in [1.29, 1.82) is 0 Å². The zero-order valence-electron chi connectivity index (χ0n) is 7.32. The summed E-state index contributed by atoms with van der Waals surface area (Å²) in [5.41, 5.74) is -4.02. The molecule has 0 aliphatic carbocycles. The number of alkyl halides is 6. The maximum Gasteiger partial charge on any atom is 0.419 e. The molecular formula is C6H4ClF6NO2. The van der Waals surface area contributed by atoms with Crippen LogP contribution in [0.5, 0.6) is 0 Å². The zero-order valence-corrected chi connectivity index (χ0v) is 8.08. The van der Waals surface area contributed by atoms with Gasteiger partial charge in [-0.25, -0.2) is 0 Å². The van der Waals surface area contributed by atoms with Crippen molar-refractivity contribution in [2.45, 2.75) is 17.9 Å². The van der Waals surface area contributed by atoms with Gasteiger partial charge in [-0.05, 0) is 11.6 Å². The highest BCUT2D eigenvalue weighted by Gasteiger charge is 2.84. The van der Waals surface area contributed by atoms with Crippen LogP contribution in [0.25, 0.3) is 0 Å². The molecule has 0 spiro atoms. The zero-order chi connectivity index (χ0) is 12.8. The second kappa shape index (κ2) is 3.74. The molecule has 1 saturated heterocycles. The summed E-state index contributed by atoms with van der Waals surface area (Å²) in [4.78, 5) is 14.1. The minimum absolute atomic E-state index is 0.354. The molecule has 94 valence electrons. The van der Waals surface area contributed by atoms with Crippen molar-refractivity contribution in [3.8, 4) is 0 Å². The summed E-state index contributed by atoms with van der Waals surface area (Å²) in [6, 6.07) is 0. The number of rotatable bonds is 3. The van der Waals surface area contributed by atoms with Crippen LogP contribution in [-0.2, 0) is 9.63 Å². The lowest BCUT2D eigenvalue weighted by molar-refractivity contribution is -0.305. The molecule has 0 aromatic carbocycles. The van der Waals surface area contributed by atoms with Crippen LogP contribution in [0.3, 0.4) is 0 Å². The standard InChI is InChI=1S/C6H4ClF6NO2/c7-3(15)1-16-14-2-4(14,5(8,9)10)6(11,12)13/h1-2H2. The topological polar surface area (TPSA) is 29.3 Å². The van der Waals surface area contributed by atoms with Crippen LogP contribution in [0.1, 0.15) is 0 Å². The normalized spacial score (nSPS) is 24.3. The van der Waals surface area contributed by atoms with Crippen molar-refractivity contribution in [2.75, 3.05) is 13.2 Å². The van der Waals surface area contributed by atoms with Gasteiger partial charge in [-0.1, -0.05) is 0 Å². The van der Waals surface area contributed by atoms with Crippen LogP contribution in [0.15, 0.2) is 0 Å². The van der Waals surface area contributed by atoms with Crippen molar-refractivity contribution in [3.05, 3.63) is 0 Å². The van der Waals surface area contributed by atoms with E-state index in [4.69, 9.17) is 11.6 Å². The summed E-state index contributed by atoms with van der Waals surface area (Å²) >= 11 is 4.72. The SMILES string of the molecule is O=C(Cl)CON1CC1(C(F)(F)F)C(F)(F)F. The molecule has 10 heteroatoms. The average Bonchev–Trinajstić information content (AvgIpc) is 2.72. The molecule has 1 atom stereocenters. The highest BCUT2D eigenvalue weighted by molar-refractivity contribution is 6.63. The summed E-state index contributed by atoms with van der Waals surface area (Å²) in [7, 11) is 0. The van der Waals surface area contributed by atoms with E-state index in [1.807, 2.05) is 0 Å². The van der Waals surface area contributed by atoms with E-state index in [1.54, 1.807) is 0 Å². The van der Waals surface area contributed by atoms with Gasteiger partial charge in [0.15, 0.2) is 0 Å². The molecule has 1 heterocycles. The van der Waals surface area contributed by atoms with E-state index >= 15 is 0 Å². The second-order valence-electron chi connectivity index (χ2n) is 3.02. The maximum absolute atomic E-state index is 12.2. The van der Waals surface area contributed by atoms with Crippen LogP contribution >= 0.6 is 11.6 Å². The molecular weight excluding hydrogens is 268 g/mol. The molecule has 0 radical (unpaired) electrons. The fourth-order valence-electron chi connectivity index (χ4n) is 1.08. The summed E-state index contributed by atoms with van der Waals surface area (Å²) in [6.45, 7) is -2.44. The van der Waals surface area contributed by atoms with Crippen LogP contribution in [0.2, 0.25) is 0 Å². The molecule has 0 aromatic heterocycles. The average molecular weight is 272 g/mol. The Bertz CT molecular complexity index is 286. The largest absolute Gasteiger partial charge is 0.419 e. The predicted molar refractivity (Wildman–Crippen MR) is 38.4 cm³/mol. The Hall–Kier alpha value is -0.540. The van der Waals surface area contributed by atoms with Crippen molar-refractivity contribution < 1.29 is 36.0 Å². The Balaban J connectivity index is 2.78. The first-order valence-electron chi connectivity index (χ1n) is 3.75. The minimum Gasteiger partial charge on any atom is -0.288 e. The lowest BCUT2D eigenvalue weighted by Crippen LogP contribution is -2.49. The van der Waals surface area contributed by atoms with Crippen LogP contribution in [0.4, 0.5) is 26.3 Å². The van der Waals surface area contributed by atoms with Crippen molar-refractivity contribution in [2.24, 2.45) is 0 Å². The fraction of sp³-hybridized carbons (Fsp3) is 0.833. The first-order chi connectivity index (χ1) is 7.02. The van der Waals surface area contributed by atoms with E-state index < -0.39 is 36.3 Å². The Morgan fingerprint density at radius 2 is 1.69 bits per heavy atom. The van der Waals surface area contributed by atoms with E-state index in [0.717, 1.165) is 0 Å². The van der Waals surface area contributed by atoms with Gasteiger partial charge in [0.05, 0.1) is 6.54 Å². The number of hydrogen-bond acceptors (Lipinski definition) is 3. The third kappa shape index (κ3) is 2.11. The molecule has 0 N–H and O–H groups in total. The van der Waals surface area contributed by atoms with Crippen LogP contribution in [-0.4, -0.2) is 41.3 Å². The summed E-state index contributed by atoms with van der Waals surface area (Å²) < 4.78 is 73.2. The minimum atomic E-state index is -5.53. The number of hydroxylamine groups is 2. The number of carbonyl (C=O) groups is 1. The number of nitrogens with zero attached hydrogens (tertiary/aromatic N) is 1. The summed E-state index contributed by atoms with van der Waals surface area (Å²) in [5, 5.41) is -1.54. The molecule has 16 heavy (non-hydrogen) atoms. The van der Waals surface area contributed by atoms with Crippen molar-refractivity contribution >= 4 is 16.8 Å². The van der Waals surface area contributed by atoms with Gasteiger partial charge in [0.2, 0.25) is 5.24 Å². The lowest BCUT2D eigenvalue weighted by atomic mass is 10.1. The third-order valence-corrected chi connectivity index (χ3v) is 2.08. The predicted octanol–water partition coefficient (Wildman–Crippen LogP) is 1.86. The van der Waals surface area contributed by atoms with Gasteiger partial charge in [0.25, 0.3) is 5.54 Å². The van der Waals surface area contributed by atoms with E-state index in [9.17, 15) is 31.1 Å². The quantitative estimate of drug-likeness (QED) is 0.446. The molecule has 1 aliphatic heterocycles. The molecule has 0 amide bonds. The highest BCUT2D eigenvalue weighted by atomic mass is 35.5. The molecule has 0 bridgehead atoms. The molecule has 0 aromatic rings. The monoisotopic (exact) mass is 271 g/mol. The van der Waals surface area contributed by atoms with Gasteiger partial charge in [-0.3, -0.25) is 9.63 Å². The van der Waals surface area contributed by atoms with Gasteiger partial charge in [0.1, 0.15) is 6.61 Å². The molecule has 1 rings (SSSR count). The first-order valence-corrected chi connectivity index (χ1v) is 4.12. The van der Waals surface area contributed by atoms with Gasteiger partial charge in [0, 0.05) is 0 Å². The molecule has 1 aliphatic rings. The van der Waals surface area contributed by atoms with E-state index in [1.165, 1.54) is 0 Å². The lowest BCUT2D eigenvalue weighted by Gasteiger charge is -2.22. The van der Waals surface area contributed by atoms with E-state index in [2.05, 4.69) is 4.84 Å². The van der Waals surface area contributed by atoms with Crippen LogP contribution in [0, 0.1) is 0 Å². The highest BCUT2D eigenvalue weighted by Crippen LogP contribution is 2.56. The van der Waals surface area contributed by atoms with Gasteiger partial charge >= 0.3 is 12.4 Å².